The van der Waals surface area contributed by atoms with Crippen LogP contribution in [0.15, 0.2) is 63.4 Å². The molecule has 10 nitrogen and oxygen atoms in total. The van der Waals surface area contributed by atoms with E-state index < -0.39 is 10.0 Å². The molecule has 0 spiro atoms. The molecule has 1 aliphatic heterocycles. The van der Waals surface area contributed by atoms with Gasteiger partial charge in [-0.2, -0.15) is 4.31 Å². The number of imidazole rings is 1. The summed E-state index contributed by atoms with van der Waals surface area (Å²) < 4.78 is 36.0. The third-order valence-electron chi connectivity index (χ3n) is 5.99. The summed E-state index contributed by atoms with van der Waals surface area (Å²) in [6.45, 7) is 2.16. The van der Waals surface area contributed by atoms with Crippen LogP contribution in [0.2, 0.25) is 0 Å². The van der Waals surface area contributed by atoms with Gasteiger partial charge < -0.3 is 14.3 Å². The maximum Gasteiger partial charge on any atom is 0.326 e. The number of aromatic nitrogens is 5. The molecule has 0 radical (unpaired) electrons. The van der Waals surface area contributed by atoms with Crippen molar-refractivity contribution in [3.63, 3.8) is 0 Å². The van der Waals surface area contributed by atoms with Crippen LogP contribution in [0.25, 0.3) is 22.4 Å². The molecule has 35 heavy (non-hydrogen) atoms. The Morgan fingerprint density at radius 2 is 1.80 bits per heavy atom. The molecule has 2 aromatic carbocycles. The minimum absolute atomic E-state index is 0.101. The van der Waals surface area contributed by atoms with Gasteiger partial charge >= 0.3 is 5.69 Å². The Balaban J connectivity index is 1.22. The fourth-order valence-corrected chi connectivity index (χ4v) is 6.36. The monoisotopic (exact) mass is 514 g/mol. The second-order valence-electron chi connectivity index (χ2n) is 8.21. The lowest BCUT2D eigenvalue weighted by molar-refractivity contribution is 0.0730. The number of fused-ring (bicyclic) bond motifs is 1. The van der Waals surface area contributed by atoms with Crippen molar-refractivity contribution >= 4 is 32.8 Å². The molecule has 1 fully saturated rings. The van der Waals surface area contributed by atoms with E-state index >= 15 is 0 Å². The van der Waals surface area contributed by atoms with Crippen LogP contribution in [0.3, 0.4) is 0 Å². The summed E-state index contributed by atoms with van der Waals surface area (Å²) in [7, 11) is -1.65. The van der Waals surface area contributed by atoms with E-state index in [2.05, 4.69) is 15.2 Å². The van der Waals surface area contributed by atoms with Crippen molar-refractivity contribution in [2.75, 3.05) is 32.1 Å². The summed E-state index contributed by atoms with van der Waals surface area (Å²) in [5.74, 6) is 1.44. The molecule has 3 heterocycles. The summed E-state index contributed by atoms with van der Waals surface area (Å²) in [5.41, 5.74) is 2.43. The van der Waals surface area contributed by atoms with Crippen LogP contribution in [0.5, 0.6) is 0 Å². The van der Waals surface area contributed by atoms with Gasteiger partial charge in [-0.05, 0) is 42.8 Å². The zero-order valence-corrected chi connectivity index (χ0v) is 20.9. The van der Waals surface area contributed by atoms with Gasteiger partial charge in [-0.25, -0.2) is 13.2 Å². The molecule has 1 aliphatic rings. The highest BCUT2D eigenvalue weighted by Crippen LogP contribution is 2.25. The fourth-order valence-electron chi connectivity index (χ4n) is 4.12. The third kappa shape index (κ3) is 4.79. The molecule has 1 saturated heterocycles. The number of aryl methyl sites for hydroxylation is 1. The summed E-state index contributed by atoms with van der Waals surface area (Å²) >= 11 is 1.57. The lowest BCUT2D eigenvalue weighted by Crippen LogP contribution is -2.40. The second kappa shape index (κ2) is 9.97. The van der Waals surface area contributed by atoms with Crippen molar-refractivity contribution in [1.29, 1.82) is 0 Å². The maximum atomic E-state index is 12.8. The van der Waals surface area contributed by atoms with Gasteiger partial charge in [0.2, 0.25) is 10.0 Å². The molecule has 184 valence electrons. The molecule has 0 bridgehead atoms. The Hall–Kier alpha value is -2.93. The van der Waals surface area contributed by atoms with E-state index in [0.29, 0.717) is 38.7 Å². The van der Waals surface area contributed by atoms with Crippen LogP contribution in [-0.2, 0) is 28.4 Å². The first kappa shape index (κ1) is 23.8. The van der Waals surface area contributed by atoms with Crippen molar-refractivity contribution in [3.05, 3.63) is 59.0 Å². The van der Waals surface area contributed by atoms with Crippen LogP contribution in [0.1, 0.15) is 6.42 Å². The van der Waals surface area contributed by atoms with Gasteiger partial charge in [-0.3, -0.25) is 4.57 Å². The summed E-state index contributed by atoms with van der Waals surface area (Å²) in [4.78, 5) is 15.4. The van der Waals surface area contributed by atoms with Gasteiger partial charge in [0.25, 0.3) is 0 Å². The van der Waals surface area contributed by atoms with Crippen molar-refractivity contribution in [2.24, 2.45) is 7.05 Å². The molecule has 1 N–H and O–H groups in total. The molecule has 4 aromatic rings. The molecule has 0 aliphatic carbocycles. The van der Waals surface area contributed by atoms with Gasteiger partial charge in [-0.1, -0.05) is 23.9 Å². The Bertz CT molecular complexity index is 1480. The third-order valence-corrected chi connectivity index (χ3v) is 9.01. The van der Waals surface area contributed by atoms with E-state index in [1.807, 2.05) is 35.9 Å². The molecule has 0 saturated carbocycles. The number of benzene rings is 2. The predicted octanol–water partition coefficient (Wildman–Crippen LogP) is 2.33. The maximum absolute atomic E-state index is 12.8. The summed E-state index contributed by atoms with van der Waals surface area (Å²) in [6.07, 6.45) is 0.794. The average molecular weight is 515 g/mol. The molecule has 0 atom stereocenters. The van der Waals surface area contributed by atoms with E-state index in [1.54, 1.807) is 40.6 Å². The van der Waals surface area contributed by atoms with Gasteiger partial charge in [0.05, 0.1) is 29.1 Å². The Morgan fingerprint density at radius 3 is 2.57 bits per heavy atom. The smallest absolute Gasteiger partial charge is 0.326 e. The normalized spacial score (nSPS) is 15.1. The van der Waals surface area contributed by atoms with E-state index in [1.165, 1.54) is 4.31 Å². The van der Waals surface area contributed by atoms with E-state index in [9.17, 15) is 13.2 Å². The number of hydrogen-bond donors (Lipinski definition) is 1. The predicted molar refractivity (Wildman–Crippen MR) is 134 cm³/mol. The Kier molecular flexibility index (Phi) is 6.78. The first-order valence-corrected chi connectivity index (χ1v) is 13.8. The number of thioether (sulfide) groups is 1. The van der Waals surface area contributed by atoms with Gasteiger partial charge in [-0.15, -0.1) is 10.2 Å². The molecule has 0 amide bonds. The van der Waals surface area contributed by atoms with Crippen LogP contribution >= 0.6 is 11.8 Å². The SMILES string of the molecule is Cn1c(SCCCn2c(=O)[nH]c3ccccc32)nnc1-c1ccc(S(=O)(=O)N2CCOCC2)cc1. The highest BCUT2D eigenvalue weighted by molar-refractivity contribution is 7.99. The number of rotatable bonds is 8. The number of morpholine rings is 1. The fraction of sp³-hybridized carbons (Fsp3) is 0.348. The van der Waals surface area contributed by atoms with Gasteiger partial charge in [0, 0.05) is 38.0 Å². The van der Waals surface area contributed by atoms with Crippen molar-refractivity contribution in [2.45, 2.75) is 23.0 Å². The second-order valence-corrected chi connectivity index (χ2v) is 11.2. The average Bonchev–Trinajstić information content (AvgIpc) is 3.41. The lowest BCUT2D eigenvalue weighted by atomic mass is 10.2. The molecule has 5 rings (SSSR count). The van der Waals surface area contributed by atoms with Crippen LogP contribution in [0.4, 0.5) is 0 Å². The van der Waals surface area contributed by atoms with E-state index in [4.69, 9.17) is 4.74 Å². The molecule has 12 heteroatoms. The number of hydrogen-bond acceptors (Lipinski definition) is 7. The van der Waals surface area contributed by atoms with Crippen LogP contribution in [0, 0.1) is 0 Å². The number of nitrogens with one attached hydrogen (secondary N) is 1. The highest BCUT2D eigenvalue weighted by Gasteiger charge is 2.26. The lowest BCUT2D eigenvalue weighted by Gasteiger charge is -2.26. The number of nitrogens with zero attached hydrogens (tertiary/aromatic N) is 5. The Labute approximate surface area is 207 Å². The minimum atomic E-state index is -3.54. The first-order chi connectivity index (χ1) is 16.9. The van der Waals surface area contributed by atoms with Crippen molar-refractivity contribution < 1.29 is 13.2 Å². The Morgan fingerprint density at radius 1 is 1.06 bits per heavy atom. The van der Waals surface area contributed by atoms with Crippen molar-refractivity contribution in [3.8, 4) is 11.4 Å². The first-order valence-electron chi connectivity index (χ1n) is 11.3. The molecule has 2 aromatic heterocycles. The van der Waals surface area contributed by atoms with E-state index in [0.717, 1.165) is 33.9 Å². The quantitative estimate of drug-likeness (QED) is 0.283. The zero-order chi connectivity index (χ0) is 24.4. The number of aromatic amines is 1. The molecular formula is C23H26N6O4S2. The minimum Gasteiger partial charge on any atom is -0.379 e. The van der Waals surface area contributed by atoms with Gasteiger partial charge in [0.15, 0.2) is 11.0 Å². The topological polar surface area (TPSA) is 115 Å². The molecular weight excluding hydrogens is 488 g/mol. The van der Waals surface area contributed by atoms with Crippen LogP contribution < -0.4 is 5.69 Å². The molecule has 0 unspecified atom stereocenters. The van der Waals surface area contributed by atoms with Crippen LogP contribution in [-0.4, -0.2) is 69.1 Å². The summed E-state index contributed by atoms with van der Waals surface area (Å²) in [5, 5.41) is 9.37. The number of ether oxygens (including phenoxy) is 1. The number of sulfonamides is 1. The standard InChI is InChI=1S/C23H26N6O4S2/c1-27-21(17-7-9-18(10-8-17)35(31,32)28-12-14-33-15-13-28)25-26-23(27)34-16-4-11-29-20-6-3-2-5-19(20)24-22(29)30/h2-3,5-10H,4,11-16H2,1H3,(H,24,30). The van der Waals surface area contributed by atoms with E-state index in [-0.39, 0.29) is 10.6 Å². The largest absolute Gasteiger partial charge is 0.379 e. The van der Waals surface area contributed by atoms with Crippen molar-refractivity contribution in [1.82, 2.24) is 28.6 Å². The summed E-state index contributed by atoms with van der Waals surface area (Å²) in [6, 6.07) is 14.4. The highest BCUT2D eigenvalue weighted by atomic mass is 32.2. The number of para-hydroxylation sites is 2. The zero-order valence-electron chi connectivity index (χ0n) is 19.3. The number of H-pyrrole nitrogens is 1. The van der Waals surface area contributed by atoms with Gasteiger partial charge in [0.1, 0.15) is 0 Å².